The monoisotopic (exact) mass is 305 g/mol. The lowest BCUT2D eigenvalue weighted by Gasteiger charge is -2.20. The first kappa shape index (κ1) is 16.3. The number of rotatable bonds is 5. The Morgan fingerprint density at radius 1 is 1.36 bits per heavy atom. The lowest BCUT2D eigenvalue weighted by Crippen LogP contribution is -2.27. The maximum Gasteiger partial charge on any atom is 0.412 e. The number of carboxylic acids is 1. The molecule has 1 aromatic rings. The molecular formula is C17H23NO4. The van der Waals surface area contributed by atoms with Gasteiger partial charge in [0.15, 0.2) is 0 Å². The van der Waals surface area contributed by atoms with Crippen LogP contribution in [0.3, 0.4) is 0 Å². The first-order valence-electron chi connectivity index (χ1n) is 7.56. The Hall–Kier alpha value is -2.04. The van der Waals surface area contributed by atoms with Crippen molar-refractivity contribution in [2.75, 3.05) is 5.32 Å². The van der Waals surface area contributed by atoms with Gasteiger partial charge in [-0.1, -0.05) is 12.1 Å². The van der Waals surface area contributed by atoms with E-state index in [9.17, 15) is 9.59 Å². The van der Waals surface area contributed by atoms with Crippen molar-refractivity contribution >= 4 is 17.7 Å². The molecule has 1 aromatic carbocycles. The van der Waals surface area contributed by atoms with E-state index in [1.54, 1.807) is 26.8 Å². The molecule has 0 aliphatic heterocycles. The number of amides is 1. The first-order chi connectivity index (χ1) is 10.2. The fourth-order valence-electron chi connectivity index (χ4n) is 2.51. The van der Waals surface area contributed by atoms with Crippen molar-refractivity contribution in [2.45, 2.75) is 51.6 Å². The van der Waals surface area contributed by atoms with Crippen molar-refractivity contribution in [3.8, 4) is 0 Å². The predicted molar refractivity (Wildman–Crippen MR) is 84.0 cm³/mol. The fourth-order valence-corrected chi connectivity index (χ4v) is 2.51. The topological polar surface area (TPSA) is 75.6 Å². The maximum atomic E-state index is 11.8. The van der Waals surface area contributed by atoms with Crippen LogP contribution >= 0.6 is 0 Å². The largest absolute Gasteiger partial charge is 0.481 e. The maximum absolute atomic E-state index is 11.8. The minimum absolute atomic E-state index is 0.0119. The Bertz CT molecular complexity index is 558. The molecule has 1 atom stereocenters. The number of carboxylic acid groups (broad SMARTS) is 1. The molecule has 1 aliphatic rings. The number of hydrogen-bond acceptors (Lipinski definition) is 3. The minimum atomic E-state index is -0.789. The SMILES string of the molecule is CC(C)(C)OC(=O)Nc1cccc(C(CC(=O)O)C2CC2)c1. The molecule has 0 spiro atoms. The molecule has 1 aliphatic carbocycles. The van der Waals surface area contributed by atoms with Crippen molar-refractivity contribution in [3.63, 3.8) is 0 Å². The second-order valence-electron chi connectivity index (χ2n) is 6.79. The van der Waals surface area contributed by atoms with Crippen LogP contribution in [0.1, 0.15) is 51.5 Å². The van der Waals surface area contributed by atoms with Gasteiger partial charge in [-0.15, -0.1) is 0 Å². The quantitative estimate of drug-likeness (QED) is 0.862. The van der Waals surface area contributed by atoms with Gasteiger partial charge in [-0.05, 0) is 63.1 Å². The second-order valence-corrected chi connectivity index (χ2v) is 6.79. The fraction of sp³-hybridized carbons (Fsp3) is 0.529. The molecule has 1 unspecified atom stereocenters. The summed E-state index contributed by atoms with van der Waals surface area (Å²) in [7, 11) is 0. The number of nitrogens with one attached hydrogen (secondary N) is 1. The van der Waals surface area contributed by atoms with Gasteiger partial charge in [0.2, 0.25) is 0 Å². The first-order valence-corrected chi connectivity index (χ1v) is 7.56. The van der Waals surface area contributed by atoms with E-state index in [4.69, 9.17) is 9.84 Å². The molecule has 0 heterocycles. The normalized spacial score (nSPS) is 16.0. The Morgan fingerprint density at radius 3 is 2.59 bits per heavy atom. The summed E-state index contributed by atoms with van der Waals surface area (Å²) in [4.78, 5) is 22.9. The van der Waals surface area contributed by atoms with Gasteiger partial charge < -0.3 is 9.84 Å². The molecule has 1 amide bonds. The molecule has 0 aromatic heterocycles. The lowest BCUT2D eigenvalue weighted by atomic mass is 9.91. The molecule has 0 radical (unpaired) electrons. The second kappa shape index (κ2) is 6.38. The molecule has 22 heavy (non-hydrogen) atoms. The van der Waals surface area contributed by atoms with Crippen LogP contribution in [0.25, 0.3) is 0 Å². The van der Waals surface area contributed by atoms with Gasteiger partial charge in [-0.25, -0.2) is 4.79 Å². The number of carbonyl (C=O) groups is 2. The zero-order valence-electron chi connectivity index (χ0n) is 13.3. The molecule has 2 N–H and O–H groups in total. The number of carbonyl (C=O) groups excluding carboxylic acids is 1. The van der Waals surface area contributed by atoms with Gasteiger partial charge >= 0.3 is 12.1 Å². The van der Waals surface area contributed by atoms with Crippen LogP contribution in [0.4, 0.5) is 10.5 Å². The lowest BCUT2D eigenvalue weighted by molar-refractivity contribution is -0.137. The van der Waals surface area contributed by atoms with Gasteiger partial charge in [0.05, 0.1) is 6.42 Å². The predicted octanol–water partition coefficient (Wildman–Crippen LogP) is 4.00. The molecule has 120 valence electrons. The summed E-state index contributed by atoms with van der Waals surface area (Å²) in [6.07, 6.45) is 1.76. The number of benzene rings is 1. The third kappa shape index (κ3) is 5.06. The van der Waals surface area contributed by atoms with Crippen LogP contribution in [-0.2, 0) is 9.53 Å². The van der Waals surface area contributed by atoms with Crippen LogP contribution < -0.4 is 5.32 Å². The summed E-state index contributed by atoms with van der Waals surface area (Å²) in [5, 5.41) is 11.8. The summed E-state index contributed by atoms with van der Waals surface area (Å²) >= 11 is 0. The number of hydrogen-bond donors (Lipinski definition) is 2. The summed E-state index contributed by atoms with van der Waals surface area (Å²) in [5.41, 5.74) is 1.03. The highest BCUT2D eigenvalue weighted by molar-refractivity contribution is 5.85. The highest BCUT2D eigenvalue weighted by atomic mass is 16.6. The van der Waals surface area contributed by atoms with Crippen LogP contribution in [0.2, 0.25) is 0 Å². The molecule has 1 fully saturated rings. The molecule has 0 saturated heterocycles. The number of ether oxygens (including phenoxy) is 1. The minimum Gasteiger partial charge on any atom is -0.481 e. The van der Waals surface area contributed by atoms with E-state index in [1.807, 2.05) is 18.2 Å². The Balaban J connectivity index is 2.08. The van der Waals surface area contributed by atoms with Gasteiger partial charge in [0.25, 0.3) is 0 Å². The highest BCUT2D eigenvalue weighted by Gasteiger charge is 2.33. The molecule has 5 nitrogen and oxygen atoms in total. The highest BCUT2D eigenvalue weighted by Crippen LogP contribution is 2.44. The summed E-state index contributed by atoms with van der Waals surface area (Å²) in [6.45, 7) is 5.41. The van der Waals surface area contributed by atoms with Crippen molar-refractivity contribution in [3.05, 3.63) is 29.8 Å². The Morgan fingerprint density at radius 2 is 2.05 bits per heavy atom. The van der Waals surface area contributed by atoms with Crippen LogP contribution in [0, 0.1) is 5.92 Å². The van der Waals surface area contributed by atoms with E-state index < -0.39 is 17.7 Å². The average Bonchev–Trinajstić information content (AvgIpc) is 3.17. The van der Waals surface area contributed by atoms with Crippen molar-refractivity contribution < 1.29 is 19.4 Å². The molecule has 5 heteroatoms. The zero-order chi connectivity index (χ0) is 16.3. The van der Waals surface area contributed by atoms with Gasteiger partial charge in [0, 0.05) is 5.69 Å². The van der Waals surface area contributed by atoms with E-state index in [0.29, 0.717) is 11.6 Å². The molecule has 0 bridgehead atoms. The number of aliphatic carboxylic acids is 1. The summed E-state index contributed by atoms with van der Waals surface area (Å²) in [5.74, 6) is -0.340. The van der Waals surface area contributed by atoms with E-state index >= 15 is 0 Å². The third-order valence-corrected chi connectivity index (χ3v) is 3.55. The van der Waals surface area contributed by atoms with Crippen LogP contribution in [0.5, 0.6) is 0 Å². The zero-order valence-corrected chi connectivity index (χ0v) is 13.3. The van der Waals surface area contributed by atoms with Crippen LogP contribution in [0.15, 0.2) is 24.3 Å². The number of anilines is 1. The summed E-state index contributed by atoms with van der Waals surface area (Å²) in [6, 6.07) is 7.37. The third-order valence-electron chi connectivity index (χ3n) is 3.55. The van der Waals surface area contributed by atoms with Gasteiger partial charge in [0.1, 0.15) is 5.60 Å². The van der Waals surface area contributed by atoms with Crippen molar-refractivity contribution in [2.24, 2.45) is 5.92 Å². The van der Waals surface area contributed by atoms with Crippen molar-refractivity contribution in [1.29, 1.82) is 0 Å². The van der Waals surface area contributed by atoms with E-state index in [1.165, 1.54) is 0 Å². The average molecular weight is 305 g/mol. The molecule has 1 saturated carbocycles. The Labute approximate surface area is 130 Å². The van der Waals surface area contributed by atoms with Gasteiger partial charge in [-0.3, -0.25) is 10.1 Å². The van der Waals surface area contributed by atoms with E-state index in [0.717, 1.165) is 18.4 Å². The van der Waals surface area contributed by atoms with Crippen LogP contribution in [-0.4, -0.2) is 22.8 Å². The van der Waals surface area contributed by atoms with E-state index in [2.05, 4.69) is 5.32 Å². The Kier molecular flexibility index (Phi) is 4.74. The summed E-state index contributed by atoms with van der Waals surface area (Å²) < 4.78 is 5.22. The van der Waals surface area contributed by atoms with E-state index in [-0.39, 0.29) is 12.3 Å². The smallest absolute Gasteiger partial charge is 0.412 e. The van der Waals surface area contributed by atoms with Gasteiger partial charge in [-0.2, -0.15) is 0 Å². The molecular weight excluding hydrogens is 282 g/mol. The standard InChI is InChI=1S/C17H23NO4/c1-17(2,3)22-16(21)18-13-6-4-5-12(9-13)14(10-15(19)20)11-7-8-11/h4-6,9,11,14H,7-8,10H2,1-3H3,(H,18,21)(H,19,20). The van der Waals surface area contributed by atoms with Crippen molar-refractivity contribution in [1.82, 2.24) is 0 Å². The molecule has 2 rings (SSSR count).